The van der Waals surface area contributed by atoms with Gasteiger partial charge in [0.1, 0.15) is 18.8 Å². The van der Waals surface area contributed by atoms with E-state index in [-0.39, 0.29) is 12.4 Å². The van der Waals surface area contributed by atoms with E-state index in [1.807, 2.05) is 5.32 Å². The number of carbonyl (C=O) groups excluding carboxylic acids is 1. The summed E-state index contributed by atoms with van der Waals surface area (Å²) < 4.78 is 34.8. The van der Waals surface area contributed by atoms with Gasteiger partial charge in [0.25, 0.3) is 0 Å². The van der Waals surface area contributed by atoms with E-state index in [4.69, 9.17) is 0 Å². The second kappa shape index (κ2) is 2.52. The van der Waals surface area contributed by atoms with Crippen molar-refractivity contribution in [2.75, 3.05) is 6.54 Å². The van der Waals surface area contributed by atoms with Crippen LogP contribution in [0.5, 0.6) is 0 Å². The number of alkyl halides is 3. The first kappa shape index (κ1) is 8.03. The van der Waals surface area contributed by atoms with Gasteiger partial charge in [-0.3, -0.25) is 9.79 Å². The minimum absolute atomic E-state index is 0.189. The molecule has 1 aliphatic heterocycles. The van der Waals surface area contributed by atoms with Crippen LogP contribution in [0, 0.1) is 0 Å². The molecule has 0 atom stereocenters. The highest BCUT2D eigenvalue weighted by molar-refractivity contribution is 6.04. The van der Waals surface area contributed by atoms with Crippen molar-refractivity contribution < 1.29 is 18.0 Å². The van der Waals surface area contributed by atoms with Gasteiger partial charge >= 0.3 is 6.18 Å². The predicted octanol–water partition coefficient (Wildman–Crippen LogP) is 0.467. The molecule has 0 unspecified atom stereocenters. The van der Waals surface area contributed by atoms with Crippen LogP contribution in [0.4, 0.5) is 13.2 Å². The van der Waals surface area contributed by atoms with Crippen LogP contribution >= 0.6 is 0 Å². The normalized spacial score (nSPS) is 18.1. The molecular formula is C5H5F3N2O. The van der Waals surface area contributed by atoms with E-state index in [1.165, 1.54) is 0 Å². The first-order valence-corrected chi connectivity index (χ1v) is 2.87. The molecule has 0 aliphatic carbocycles. The second-order valence-corrected chi connectivity index (χ2v) is 2.10. The maximum Gasteiger partial charge on any atom is 0.396 e. The number of nitrogens with one attached hydrogen (secondary N) is 1. The Morgan fingerprint density at radius 2 is 2.18 bits per heavy atom. The summed E-state index contributed by atoms with van der Waals surface area (Å²) in [6.07, 6.45) is -5.45. The van der Waals surface area contributed by atoms with Gasteiger partial charge in [-0.2, -0.15) is 13.2 Å². The Bertz CT molecular complexity index is 208. The third kappa shape index (κ3) is 2.57. The van der Waals surface area contributed by atoms with Crippen LogP contribution in [-0.2, 0) is 4.79 Å². The molecule has 1 aliphatic rings. The minimum Gasteiger partial charge on any atom is -0.313 e. The highest BCUT2D eigenvalue weighted by Crippen LogP contribution is 2.20. The van der Waals surface area contributed by atoms with Crippen LogP contribution in [0.2, 0.25) is 0 Å². The molecule has 0 aromatic heterocycles. The molecule has 0 aromatic rings. The van der Waals surface area contributed by atoms with Crippen molar-refractivity contribution in [3.05, 3.63) is 0 Å². The highest BCUT2D eigenvalue weighted by atomic mass is 19.4. The number of halogens is 3. The number of amides is 1. The molecule has 1 heterocycles. The molecule has 0 saturated carbocycles. The van der Waals surface area contributed by atoms with Gasteiger partial charge in [0.2, 0.25) is 5.91 Å². The zero-order chi connectivity index (χ0) is 8.48. The van der Waals surface area contributed by atoms with Crippen LogP contribution in [-0.4, -0.2) is 24.5 Å². The van der Waals surface area contributed by atoms with Crippen LogP contribution < -0.4 is 5.32 Å². The van der Waals surface area contributed by atoms with Gasteiger partial charge < -0.3 is 5.32 Å². The van der Waals surface area contributed by atoms with Crippen molar-refractivity contribution in [2.45, 2.75) is 12.6 Å². The fraction of sp³-hybridized carbons (Fsp3) is 0.600. The van der Waals surface area contributed by atoms with E-state index < -0.39 is 18.5 Å². The van der Waals surface area contributed by atoms with Crippen molar-refractivity contribution >= 4 is 11.7 Å². The van der Waals surface area contributed by atoms with Gasteiger partial charge in [0.05, 0.1) is 0 Å². The summed E-state index contributed by atoms with van der Waals surface area (Å²) in [4.78, 5) is 13.7. The van der Waals surface area contributed by atoms with Crippen molar-refractivity contribution in [3.63, 3.8) is 0 Å². The molecule has 3 nitrogen and oxygen atoms in total. The largest absolute Gasteiger partial charge is 0.396 e. The topological polar surface area (TPSA) is 41.5 Å². The molecule has 0 radical (unpaired) electrons. The van der Waals surface area contributed by atoms with Gasteiger partial charge in [0, 0.05) is 0 Å². The van der Waals surface area contributed by atoms with Crippen LogP contribution in [0.1, 0.15) is 6.42 Å². The van der Waals surface area contributed by atoms with Gasteiger partial charge in [-0.1, -0.05) is 0 Å². The Morgan fingerprint density at radius 1 is 1.55 bits per heavy atom. The summed E-state index contributed by atoms with van der Waals surface area (Å²) >= 11 is 0. The number of hydrogen-bond acceptors (Lipinski definition) is 2. The van der Waals surface area contributed by atoms with Crippen LogP contribution in [0.3, 0.4) is 0 Å². The molecule has 1 N–H and O–H groups in total. The van der Waals surface area contributed by atoms with Crippen LogP contribution in [0.25, 0.3) is 0 Å². The Morgan fingerprint density at radius 3 is 2.55 bits per heavy atom. The summed E-state index contributed by atoms with van der Waals surface area (Å²) in [6.45, 7) is -0.189. The first-order valence-electron chi connectivity index (χ1n) is 2.87. The maximum absolute atomic E-state index is 11.6. The van der Waals surface area contributed by atoms with E-state index in [1.54, 1.807) is 0 Å². The molecule has 0 bridgehead atoms. The lowest BCUT2D eigenvalue weighted by atomic mass is 10.4. The SMILES string of the molecule is O=C1CN=C(CC(F)(F)F)N1. The molecule has 0 aromatic carbocycles. The van der Waals surface area contributed by atoms with Gasteiger partial charge in [0.15, 0.2) is 0 Å². The van der Waals surface area contributed by atoms with Gasteiger partial charge in [-0.15, -0.1) is 0 Å². The molecule has 6 heteroatoms. The summed E-state index contributed by atoms with van der Waals surface area (Å²) in [5, 5.41) is 2.00. The van der Waals surface area contributed by atoms with E-state index in [0.717, 1.165) is 0 Å². The fourth-order valence-electron chi connectivity index (χ4n) is 0.697. The van der Waals surface area contributed by atoms with Crippen molar-refractivity contribution in [1.82, 2.24) is 5.32 Å². The quantitative estimate of drug-likeness (QED) is 0.604. The van der Waals surface area contributed by atoms with E-state index >= 15 is 0 Å². The zero-order valence-electron chi connectivity index (χ0n) is 5.40. The number of rotatable bonds is 1. The van der Waals surface area contributed by atoms with Gasteiger partial charge in [-0.05, 0) is 0 Å². The maximum atomic E-state index is 11.6. The fourth-order valence-corrected chi connectivity index (χ4v) is 0.697. The Balaban J connectivity index is 2.46. The summed E-state index contributed by atoms with van der Waals surface area (Å²) in [7, 11) is 0. The van der Waals surface area contributed by atoms with E-state index in [9.17, 15) is 18.0 Å². The summed E-state index contributed by atoms with van der Waals surface area (Å²) in [5.41, 5.74) is 0. The molecule has 0 fully saturated rings. The zero-order valence-corrected chi connectivity index (χ0v) is 5.40. The smallest absolute Gasteiger partial charge is 0.313 e. The molecule has 0 spiro atoms. The summed E-state index contributed by atoms with van der Waals surface area (Å²) in [5.74, 6) is -0.772. The lowest BCUT2D eigenvalue weighted by Crippen LogP contribution is -2.28. The number of amidine groups is 1. The monoisotopic (exact) mass is 166 g/mol. The molecule has 1 amide bonds. The number of nitrogens with zero attached hydrogens (tertiary/aromatic N) is 1. The Kier molecular flexibility index (Phi) is 1.84. The average molecular weight is 166 g/mol. The molecule has 0 saturated heterocycles. The molecule has 62 valence electrons. The second-order valence-electron chi connectivity index (χ2n) is 2.10. The van der Waals surface area contributed by atoms with Gasteiger partial charge in [-0.25, -0.2) is 0 Å². The lowest BCUT2D eigenvalue weighted by Gasteiger charge is -2.04. The van der Waals surface area contributed by atoms with E-state index in [0.29, 0.717) is 0 Å². The standard InChI is InChI=1S/C5H5F3N2O/c6-5(7,8)1-3-9-2-4(11)10-3/h1-2H2,(H,9,10,11). The molecule has 1 rings (SSSR count). The first-order chi connectivity index (χ1) is 4.97. The van der Waals surface area contributed by atoms with Crippen LogP contribution in [0.15, 0.2) is 4.99 Å². The van der Waals surface area contributed by atoms with E-state index in [2.05, 4.69) is 4.99 Å². The minimum atomic E-state index is -4.30. The summed E-state index contributed by atoms with van der Waals surface area (Å²) in [6, 6.07) is 0. The van der Waals surface area contributed by atoms with Crippen molar-refractivity contribution in [1.29, 1.82) is 0 Å². The van der Waals surface area contributed by atoms with Crippen molar-refractivity contribution in [3.8, 4) is 0 Å². The Labute approximate surface area is 60.3 Å². The molecule has 11 heavy (non-hydrogen) atoms. The predicted molar refractivity (Wildman–Crippen MR) is 31.1 cm³/mol. The third-order valence-corrected chi connectivity index (χ3v) is 1.07. The Hall–Kier alpha value is -1.07. The average Bonchev–Trinajstić information content (AvgIpc) is 2.10. The third-order valence-electron chi connectivity index (χ3n) is 1.07. The number of carbonyl (C=O) groups is 1. The molecular weight excluding hydrogens is 161 g/mol. The number of aliphatic imine (C=N–C) groups is 1. The van der Waals surface area contributed by atoms with Crippen molar-refractivity contribution in [2.24, 2.45) is 4.99 Å². The lowest BCUT2D eigenvalue weighted by molar-refractivity contribution is -0.122. The highest BCUT2D eigenvalue weighted by Gasteiger charge is 2.31. The number of hydrogen-bond donors (Lipinski definition) is 1.